The Morgan fingerprint density at radius 3 is 2.73 bits per heavy atom. The number of nitrogens with zero attached hydrogens (tertiary/aromatic N) is 1. The number of carbonyl (C=O) groups excluding carboxylic acids is 3. The van der Waals surface area contributed by atoms with Crippen LogP contribution in [0.15, 0.2) is 53.4 Å². The van der Waals surface area contributed by atoms with Gasteiger partial charge in [-0.3, -0.25) is 14.5 Å². The first-order valence-corrected chi connectivity index (χ1v) is 11.2. The van der Waals surface area contributed by atoms with Crippen LogP contribution in [0.1, 0.15) is 24.0 Å². The number of urea groups is 1. The van der Waals surface area contributed by atoms with Crippen molar-refractivity contribution < 1.29 is 14.4 Å². The van der Waals surface area contributed by atoms with Crippen molar-refractivity contribution in [3.05, 3.63) is 64.7 Å². The highest BCUT2D eigenvalue weighted by molar-refractivity contribution is 7.99. The minimum Gasteiger partial charge on any atom is -0.354 e. The molecule has 1 aliphatic heterocycles. The lowest BCUT2D eigenvalue weighted by Gasteiger charge is -2.33. The number of nitrogens with one attached hydrogen (secondary N) is 2. The van der Waals surface area contributed by atoms with E-state index < -0.39 is 11.6 Å². The number of halogens is 1. The van der Waals surface area contributed by atoms with Gasteiger partial charge >= 0.3 is 6.03 Å². The maximum absolute atomic E-state index is 13.2. The number of hydrogen-bond acceptors (Lipinski definition) is 4. The lowest BCUT2D eigenvalue weighted by Crippen LogP contribution is -2.47. The van der Waals surface area contributed by atoms with Crippen molar-refractivity contribution in [2.45, 2.75) is 29.7 Å². The second-order valence-corrected chi connectivity index (χ2v) is 8.99. The van der Waals surface area contributed by atoms with E-state index in [1.807, 2.05) is 48.5 Å². The van der Waals surface area contributed by atoms with Gasteiger partial charge in [-0.1, -0.05) is 35.9 Å². The van der Waals surface area contributed by atoms with Gasteiger partial charge in [0.2, 0.25) is 5.91 Å². The molecule has 1 saturated heterocycles. The molecule has 0 aromatic heterocycles. The van der Waals surface area contributed by atoms with Crippen LogP contribution < -0.4 is 10.6 Å². The van der Waals surface area contributed by atoms with E-state index in [1.165, 1.54) is 0 Å². The second-order valence-electron chi connectivity index (χ2n) is 7.39. The Morgan fingerprint density at radius 2 is 1.93 bits per heavy atom. The summed E-state index contributed by atoms with van der Waals surface area (Å²) < 4.78 is 0. The Hall–Kier alpha value is -2.51. The third-order valence-corrected chi connectivity index (χ3v) is 6.72. The molecule has 0 saturated carbocycles. The van der Waals surface area contributed by atoms with Gasteiger partial charge in [-0.15, -0.1) is 11.8 Å². The van der Waals surface area contributed by atoms with E-state index in [1.54, 1.807) is 11.8 Å². The van der Waals surface area contributed by atoms with Crippen molar-refractivity contribution in [2.24, 2.45) is 0 Å². The molecule has 8 heteroatoms. The topological polar surface area (TPSA) is 78.5 Å². The summed E-state index contributed by atoms with van der Waals surface area (Å²) in [6, 6.07) is 14.7. The summed E-state index contributed by atoms with van der Waals surface area (Å²) in [7, 11) is 0. The van der Waals surface area contributed by atoms with Gasteiger partial charge in [0.1, 0.15) is 12.1 Å². The molecule has 2 aromatic carbocycles. The monoisotopic (exact) mass is 443 g/mol. The Bertz CT molecular complexity index is 982. The van der Waals surface area contributed by atoms with Gasteiger partial charge in [0.15, 0.2) is 0 Å². The summed E-state index contributed by atoms with van der Waals surface area (Å²) in [5.41, 5.74) is 0.871. The van der Waals surface area contributed by atoms with Crippen molar-refractivity contribution in [1.82, 2.24) is 15.5 Å². The molecule has 6 nitrogen and oxygen atoms in total. The van der Waals surface area contributed by atoms with Crippen molar-refractivity contribution in [1.29, 1.82) is 0 Å². The van der Waals surface area contributed by atoms with Crippen LogP contribution in [0.25, 0.3) is 0 Å². The summed E-state index contributed by atoms with van der Waals surface area (Å²) in [5.74, 6) is -0.0214. The van der Waals surface area contributed by atoms with Gasteiger partial charge in [-0.2, -0.15) is 0 Å². The minimum absolute atomic E-state index is 0.278. The number of benzene rings is 2. The molecule has 0 radical (unpaired) electrons. The number of aryl methyl sites for hydroxylation is 1. The first kappa shape index (κ1) is 20.8. The zero-order valence-electron chi connectivity index (χ0n) is 16.3. The van der Waals surface area contributed by atoms with E-state index in [4.69, 9.17) is 11.6 Å². The summed E-state index contributed by atoms with van der Waals surface area (Å²) in [5, 5.41) is 6.33. The van der Waals surface area contributed by atoms with E-state index in [9.17, 15) is 14.4 Å². The number of imide groups is 1. The number of thioether (sulfide) groups is 1. The maximum Gasteiger partial charge on any atom is 0.325 e. The van der Waals surface area contributed by atoms with Crippen LogP contribution >= 0.6 is 23.4 Å². The van der Waals surface area contributed by atoms with Gasteiger partial charge in [0.05, 0.1) is 0 Å². The largest absolute Gasteiger partial charge is 0.354 e. The van der Waals surface area contributed by atoms with Crippen molar-refractivity contribution in [3.63, 3.8) is 0 Å². The lowest BCUT2D eigenvalue weighted by molar-refractivity contribution is -0.135. The minimum atomic E-state index is -1.04. The highest BCUT2D eigenvalue weighted by atomic mass is 35.5. The van der Waals surface area contributed by atoms with Gasteiger partial charge in [0.25, 0.3) is 5.91 Å². The molecule has 4 amide bonds. The van der Waals surface area contributed by atoms with Gasteiger partial charge in [-0.05, 0) is 54.7 Å². The third-order valence-electron chi connectivity index (χ3n) is 5.46. The fourth-order valence-electron chi connectivity index (χ4n) is 4.04. The standard InChI is InChI=1S/C22H22ClN3O3S/c23-16-7-9-17(10-8-16)30-13-12-24-19(27)14-26-20(28)22(25-21(26)29)11-3-5-15-4-1-2-6-18(15)22/h1-2,4,6-10H,3,5,11-14H2,(H,24,27)(H,25,29). The maximum atomic E-state index is 13.2. The molecule has 1 atom stereocenters. The highest BCUT2D eigenvalue weighted by Crippen LogP contribution is 2.39. The van der Waals surface area contributed by atoms with Crippen molar-refractivity contribution in [2.75, 3.05) is 18.8 Å². The molecule has 1 heterocycles. The van der Waals surface area contributed by atoms with Gasteiger partial charge in [-0.25, -0.2) is 4.79 Å². The molecule has 156 valence electrons. The van der Waals surface area contributed by atoms with Crippen molar-refractivity contribution >= 4 is 41.2 Å². The zero-order valence-corrected chi connectivity index (χ0v) is 17.9. The normalized spacial score (nSPS) is 20.2. The Balaban J connectivity index is 1.34. The van der Waals surface area contributed by atoms with Crippen LogP contribution in [0, 0.1) is 0 Å². The fourth-order valence-corrected chi connectivity index (χ4v) is 4.94. The average Bonchev–Trinajstić information content (AvgIpc) is 2.97. The van der Waals surface area contributed by atoms with E-state index in [0.29, 0.717) is 23.7 Å². The SMILES string of the molecule is O=C(CN1C(=O)NC2(CCCc3ccccc32)C1=O)NCCSc1ccc(Cl)cc1. The van der Waals surface area contributed by atoms with E-state index >= 15 is 0 Å². The predicted octanol–water partition coefficient (Wildman–Crippen LogP) is 3.33. The smallest absolute Gasteiger partial charge is 0.325 e. The number of amides is 4. The van der Waals surface area contributed by atoms with Gasteiger partial charge < -0.3 is 10.6 Å². The molecule has 1 unspecified atom stereocenters. The third kappa shape index (κ3) is 4.04. The molecule has 1 spiro atoms. The van der Waals surface area contributed by atoms with E-state index in [-0.39, 0.29) is 18.4 Å². The second kappa shape index (κ2) is 8.70. The zero-order chi connectivity index (χ0) is 21.1. The molecular formula is C22H22ClN3O3S. The summed E-state index contributed by atoms with van der Waals surface area (Å²) in [4.78, 5) is 40.2. The van der Waals surface area contributed by atoms with Crippen LogP contribution in [-0.4, -0.2) is 41.6 Å². The van der Waals surface area contributed by atoms with Crippen molar-refractivity contribution in [3.8, 4) is 0 Å². The van der Waals surface area contributed by atoms with Crippen LogP contribution in [-0.2, 0) is 21.5 Å². The first-order valence-electron chi connectivity index (χ1n) is 9.87. The Labute approximate surface area is 184 Å². The molecule has 2 N–H and O–H groups in total. The number of fused-ring (bicyclic) bond motifs is 2. The molecule has 0 bridgehead atoms. The molecule has 4 rings (SSSR count). The average molecular weight is 444 g/mol. The summed E-state index contributed by atoms with van der Waals surface area (Å²) in [6.45, 7) is 0.157. The molecule has 2 aliphatic rings. The molecular weight excluding hydrogens is 422 g/mol. The number of carbonyl (C=O) groups is 3. The summed E-state index contributed by atoms with van der Waals surface area (Å²) in [6.07, 6.45) is 2.24. The van der Waals surface area contributed by atoms with E-state index in [0.717, 1.165) is 33.8 Å². The number of hydrogen-bond donors (Lipinski definition) is 2. The fraction of sp³-hybridized carbons (Fsp3) is 0.318. The van der Waals surface area contributed by atoms with Crippen LogP contribution in [0.4, 0.5) is 4.79 Å². The highest BCUT2D eigenvalue weighted by Gasteiger charge is 2.54. The first-order chi connectivity index (χ1) is 14.5. The lowest BCUT2D eigenvalue weighted by atomic mass is 9.76. The Kier molecular flexibility index (Phi) is 6.01. The molecule has 1 aliphatic carbocycles. The van der Waals surface area contributed by atoms with E-state index in [2.05, 4.69) is 10.6 Å². The molecule has 30 heavy (non-hydrogen) atoms. The van der Waals surface area contributed by atoms with Crippen LogP contribution in [0.3, 0.4) is 0 Å². The Morgan fingerprint density at radius 1 is 1.17 bits per heavy atom. The number of rotatable bonds is 6. The molecule has 1 fully saturated rings. The summed E-state index contributed by atoms with van der Waals surface area (Å²) >= 11 is 7.46. The quantitative estimate of drug-likeness (QED) is 0.408. The van der Waals surface area contributed by atoms with Crippen LogP contribution in [0.5, 0.6) is 0 Å². The predicted molar refractivity (Wildman–Crippen MR) is 116 cm³/mol. The molecule has 2 aromatic rings. The van der Waals surface area contributed by atoms with Crippen LogP contribution in [0.2, 0.25) is 5.02 Å². The van der Waals surface area contributed by atoms with Gasteiger partial charge in [0, 0.05) is 22.2 Å².